The van der Waals surface area contributed by atoms with Crippen molar-refractivity contribution in [1.82, 2.24) is 10.1 Å². The first-order chi connectivity index (χ1) is 20.2. The number of nitrogens with one attached hydrogen (secondary N) is 3. The maximum Gasteiger partial charge on any atom is 0.428 e. The van der Waals surface area contributed by atoms with Gasteiger partial charge in [-0.15, -0.1) is 0 Å². The van der Waals surface area contributed by atoms with Crippen molar-refractivity contribution in [3.8, 4) is 6.07 Å². The summed E-state index contributed by atoms with van der Waals surface area (Å²) in [5.74, 6) is -6.61. The number of aromatic nitrogens is 1. The van der Waals surface area contributed by atoms with Crippen LogP contribution in [0.5, 0.6) is 0 Å². The summed E-state index contributed by atoms with van der Waals surface area (Å²) in [7, 11) is 1.15. The Kier molecular flexibility index (Phi) is 11.6. The lowest BCUT2D eigenvalue weighted by Crippen LogP contribution is -2.41. The van der Waals surface area contributed by atoms with Crippen LogP contribution in [0.4, 0.5) is 10.5 Å². The van der Waals surface area contributed by atoms with E-state index in [1.807, 2.05) is 0 Å². The van der Waals surface area contributed by atoms with E-state index in [1.165, 1.54) is 20.8 Å². The quantitative estimate of drug-likeness (QED) is 0.160. The fraction of sp³-hybridized carbons (Fsp3) is 0.414. The molecule has 2 rings (SSSR count). The zero-order valence-corrected chi connectivity index (χ0v) is 25.4. The molecule has 0 saturated heterocycles. The average Bonchev–Trinajstić information content (AvgIpc) is 3.18. The van der Waals surface area contributed by atoms with Crippen LogP contribution in [0.1, 0.15) is 66.7 Å². The number of anilines is 1. The standard InChI is InChI=1S/C29H36N6O8/c1-9-42-27(39)21(16(2)32-33-28(40)43-29(5,6)7)20(15-30)24(36)34-35-17(3)22(23(18(35)4)26(38)41-8)25(37)31-19-13-11-10-12-14-19/h10-14,20-21H,9H2,1-8H3,(H,31,37)(H,33,40)(H,34,36)/b32-16+. The van der Waals surface area contributed by atoms with Gasteiger partial charge in [-0.05, 0) is 60.6 Å². The minimum absolute atomic E-state index is 0.0555. The lowest BCUT2D eigenvalue weighted by atomic mass is 9.89. The Morgan fingerprint density at radius 2 is 1.65 bits per heavy atom. The van der Waals surface area contributed by atoms with Crippen molar-refractivity contribution in [3.63, 3.8) is 0 Å². The van der Waals surface area contributed by atoms with Crippen LogP contribution >= 0.6 is 0 Å². The molecule has 2 unspecified atom stereocenters. The SMILES string of the molecule is CCOC(=O)C(/C(C)=N/NC(=O)OC(C)(C)C)C(C#N)C(=O)Nn1c(C)c(C(=O)Nc2ccccc2)c(C(=O)OC)c1C. The van der Waals surface area contributed by atoms with E-state index >= 15 is 0 Å². The van der Waals surface area contributed by atoms with Gasteiger partial charge < -0.3 is 19.5 Å². The van der Waals surface area contributed by atoms with Crippen molar-refractivity contribution >= 4 is 41.2 Å². The molecule has 1 aromatic heterocycles. The predicted octanol–water partition coefficient (Wildman–Crippen LogP) is 3.43. The van der Waals surface area contributed by atoms with E-state index < -0.39 is 47.3 Å². The summed E-state index contributed by atoms with van der Waals surface area (Å²) >= 11 is 0. The molecule has 0 aliphatic carbocycles. The molecule has 14 heteroatoms. The number of esters is 2. The monoisotopic (exact) mass is 596 g/mol. The minimum atomic E-state index is -1.70. The second-order valence-corrected chi connectivity index (χ2v) is 10.2. The number of benzene rings is 1. The van der Waals surface area contributed by atoms with Crippen LogP contribution in [0, 0.1) is 37.0 Å². The molecular weight excluding hydrogens is 560 g/mol. The first kappa shape index (κ1) is 34.0. The zero-order valence-electron chi connectivity index (χ0n) is 25.4. The third kappa shape index (κ3) is 8.65. The molecule has 0 saturated carbocycles. The molecule has 0 aliphatic rings. The lowest BCUT2D eigenvalue weighted by molar-refractivity contribution is -0.148. The van der Waals surface area contributed by atoms with Gasteiger partial charge in [-0.25, -0.2) is 15.0 Å². The van der Waals surface area contributed by atoms with E-state index in [0.717, 1.165) is 11.8 Å². The van der Waals surface area contributed by atoms with Gasteiger partial charge in [0.1, 0.15) is 17.4 Å². The number of rotatable bonds is 10. The highest BCUT2D eigenvalue weighted by atomic mass is 16.6. The second-order valence-electron chi connectivity index (χ2n) is 10.2. The summed E-state index contributed by atoms with van der Waals surface area (Å²) in [4.78, 5) is 64.5. The van der Waals surface area contributed by atoms with Gasteiger partial charge in [0.15, 0.2) is 0 Å². The molecule has 3 N–H and O–H groups in total. The Bertz CT molecular complexity index is 1450. The molecule has 3 amide bonds. The molecule has 0 fully saturated rings. The molecule has 43 heavy (non-hydrogen) atoms. The normalized spacial score (nSPS) is 12.7. The van der Waals surface area contributed by atoms with Gasteiger partial charge in [0.2, 0.25) is 0 Å². The van der Waals surface area contributed by atoms with Crippen molar-refractivity contribution in [3.05, 3.63) is 52.8 Å². The van der Waals surface area contributed by atoms with Crippen LogP contribution in [0.3, 0.4) is 0 Å². The maximum absolute atomic E-state index is 13.5. The van der Waals surface area contributed by atoms with Gasteiger partial charge in [-0.1, -0.05) is 18.2 Å². The zero-order chi connectivity index (χ0) is 32.5. The Balaban J connectivity index is 2.49. The smallest absolute Gasteiger partial charge is 0.428 e. The first-order valence-electron chi connectivity index (χ1n) is 13.2. The Hall–Kier alpha value is -5.19. The van der Waals surface area contributed by atoms with Crippen molar-refractivity contribution in [2.45, 2.75) is 54.1 Å². The van der Waals surface area contributed by atoms with Crippen LogP contribution in [0.15, 0.2) is 35.4 Å². The van der Waals surface area contributed by atoms with Crippen LogP contribution in [-0.2, 0) is 23.8 Å². The van der Waals surface area contributed by atoms with Crippen molar-refractivity contribution in [2.24, 2.45) is 16.9 Å². The maximum atomic E-state index is 13.5. The minimum Gasteiger partial charge on any atom is -0.465 e. The number of amides is 3. The van der Waals surface area contributed by atoms with E-state index in [4.69, 9.17) is 14.2 Å². The molecule has 0 spiro atoms. The molecule has 1 heterocycles. The van der Waals surface area contributed by atoms with Crippen LogP contribution in [0.25, 0.3) is 0 Å². The Labute approximate surface area is 249 Å². The van der Waals surface area contributed by atoms with Gasteiger partial charge in [-0.2, -0.15) is 10.4 Å². The van der Waals surface area contributed by atoms with Crippen molar-refractivity contribution < 1.29 is 38.2 Å². The number of methoxy groups -OCH3 is 1. The highest BCUT2D eigenvalue weighted by Crippen LogP contribution is 2.25. The molecule has 1 aromatic carbocycles. The Morgan fingerprint density at radius 1 is 1.05 bits per heavy atom. The molecule has 230 valence electrons. The van der Waals surface area contributed by atoms with E-state index in [-0.39, 0.29) is 34.8 Å². The van der Waals surface area contributed by atoms with Gasteiger partial charge >= 0.3 is 18.0 Å². The predicted molar refractivity (Wildman–Crippen MR) is 156 cm³/mol. The fourth-order valence-electron chi connectivity index (χ4n) is 4.10. The number of carbonyl (C=O) groups excluding carboxylic acids is 5. The van der Waals surface area contributed by atoms with Crippen LogP contribution in [-0.4, -0.2) is 59.6 Å². The van der Waals surface area contributed by atoms with Crippen LogP contribution in [0.2, 0.25) is 0 Å². The third-order valence-corrected chi connectivity index (χ3v) is 5.98. The molecule has 0 bridgehead atoms. The summed E-state index contributed by atoms with van der Waals surface area (Å²) in [5.41, 5.74) is 4.30. The lowest BCUT2D eigenvalue weighted by Gasteiger charge is -2.22. The molecular formula is C29H36N6O8. The molecule has 0 radical (unpaired) electrons. The van der Waals surface area contributed by atoms with E-state index in [2.05, 4.69) is 21.3 Å². The molecule has 2 aromatic rings. The topological polar surface area (TPSA) is 190 Å². The number of nitrogens with zero attached hydrogens (tertiary/aromatic N) is 3. The second kappa shape index (κ2) is 14.6. The first-order valence-corrected chi connectivity index (χ1v) is 13.2. The van der Waals surface area contributed by atoms with Crippen molar-refractivity contribution in [2.75, 3.05) is 24.5 Å². The highest BCUT2D eigenvalue weighted by Gasteiger charge is 2.39. The largest absolute Gasteiger partial charge is 0.465 e. The number of nitriles is 1. The number of hydrogen-bond donors (Lipinski definition) is 3. The summed E-state index contributed by atoms with van der Waals surface area (Å²) < 4.78 is 16.3. The van der Waals surface area contributed by atoms with Gasteiger partial charge in [0.25, 0.3) is 11.8 Å². The average molecular weight is 597 g/mol. The molecule has 14 nitrogen and oxygen atoms in total. The number of para-hydroxylation sites is 1. The van der Waals surface area contributed by atoms with E-state index in [0.29, 0.717) is 5.69 Å². The summed E-state index contributed by atoms with van der Waals surface area (Å²) in [5, 5.41) is 16.5. The summed E-state index contributed by atoms with van der Waals surface area (Å²) in [6.07, 6.45) is -0.914. The number of hydrazone groups is 1. The number of ether oxygens (including phenoxy) is 3. The summed E-state index contributed by atoms with van der Waals surface area (Å²) in [6.45, 7) is 10.7. The summed E-state index contributed by atoms with van der Waals surface area (Å²) in [6, 6.07) is 10.3. The molecule has 0 aliphatic heterocycles. The third-order valence-electron chi connectivity index (χ3n) is 5.98. The van der Waals surface area contributed by atoms with Crippen molar-refractivity contribution in [1.29, 1.82) is 5.26 Å². The van der Waals surface area contributed by atoms with Gasteiger partial charge in [0, 0.05) is 5.69 Å². The fourth-order valence-corrected chi connectivity index (χ4v) is 4.10. The van der Waals surface area contributed by atoms with Gasteiger partial charge in [0.05, 0.1) is 48.0 Å². The van der Waals surface area contributed by atoms with Crippen LogP contribution < -0.4 is 16.2 Å². The molecule has 2 atom stereocenters. The van der Waals surface area contributed by atoms with Gasteiger partial charge in [-0.3, -0.25) is 24.5 Å². The van der Waals surface area contributed by atoms with E-state index in [9.17, 15) is 29.2 Å². The van der Waals surface area contributed by atoms with E-state index in [1.54, 1.807) is 64.1 Å². The number of hydrogen-bond acceptors (Lipinski definition) is 10. The highest BCUT2D eigenvalue weighted by molar-refractivity contribution is 6.13. The number of carbonyl (C=O) groups is 5. The Morgan fingerprint density at radius 3 is 2.19 bits per heavy atom.